The summed E-state index contributed by atoms with van der Waals surface area (Å²) in [6.45, 7) is 4.20. The van der Waals surface area contributed by atoms with Gasteiger partial charge in [-0.25, -0.2) is 0 Å². The van der Waals surface area contributed by atoms with Gasteiger partial charge in [-0.2, -0.15) is 0 Å². The predicted octanol–water partition coefficient (Wildman–Crippen LogP) is 4.73. The monoisotopic (exact) mass is 299 g/mol. The minimum absolute atomic E-state index is 0.00480. The van der Waals surface area contributed by atoms with E-state index < -0.39 is 0 Å². The molecule has 112 valence electrons. The molecular weight excluding hydrogens is 282 g/mol. The number of fused-ring (bicyclic) bond motifs is 3. The number of rotatable bonds is 3. The third-order valence-electron chi connectivity index (χ3n) is 4.50. The van der Waals surface area contributed by atoms with Crippen molar-refractivity contribution >= 4 is 22.3 Å². The number of amides is 1. The molecule has 1 heterocycles. The highest BCUT2D eigenvalue weighted by atomic mass is 16.2. The minimum atomic E-state index is -0.00480. The maximum atomic E-state index is 12.5. The van der Waals surface area contributed by atoms with E-state index in [0.717, 1.165) is 39.5 Å². The summed E-state index contributed by atoms with van der Waals surface area (Å²) in [5, 5.41) is 5.24. The number of hydrogen-bond donors (Lipinski definition) is 1. The summed E-state index contributed by atoms with van der Waals surface area (Å²) >= 11 is 0. The second-order valence-electron chi connectivity index (χ2n) is 5.95. The molecule has 2 nitrogen and oxygen atoms in total. The Morgan fingerprint density at radius 3 is 2.52 bits per heavy atom. The number of hydrogen-bond acceptors (Lipinski definition) is 1. The predicted molar refractivity (Wildman–Crippen MR) is 94.2 cm³/mol. The summed E-state index contributed by atoms with van der Waals surface area (Å²) < 4.78 is 0. The molecule has 0 fully saturated rings. The van der Waals surface area contributed by atoms with E-state index in [4.69, 9.17) is 0 Å². The van der Waals surface area contributed by atoms with Gasteiger partial charge < -0.3 is 5.32 Å². The van der Waals surface area contributed by atoms with Crippen LogP contribution in [0.3, 0.4) is 0 Å². The Morgan fingerprint density at radius 2 is 1.70 bits per heavy atom. The standard InChI is InChI=1S/C21H17NO/c1-14(15-7-3-2-4-8-15)13-19-18-12-11-16-9-5-6-10-17(16)20(18)21(23)22-19/h2-12,19H,1,13H2,(H,22,23). The number of carbonyl (C=O) groups is 1. The van der Waals surface area contributed by atoms with Crippen LogP contribution in [-0.4, -0.2) is 5.91 Å². The van der Waals surface area contributed by atoms with Crippen molar-refractivity contribution in [3.05, 3.63) is 90.0 Å². The van der Waals surface area contributed by atoms with Gasteiger partial charge in [-0.15, -0.1) is 0 Å². The molecule has 0 aromatic heterocycles. The van der Waals surface area contributed by atoms with Crippen molar-refractivity contribution in [1.82, 2.24) is 5.32 Å². The van der Waals surface area contributed by atoms with Gasteiger partial charge in [-0.1, -0.05) is 73.3 Å². The molecule has 2 heteroatoms. The zero-order valence-electron chi connectivity index (χ0n) is 12.8. The lowest BCUT2D eigenvalue weighted by Gasteiger charge is -2.14. The van der Waals surface area contributed by atoms with Crippen molar-refractivity contribution in [2.75, 3.05) is 0 Å². The van der Waals surface area contributed by atoms with Crippen LogP contribution in [0.4, 0.5) is 0 Å². The molecule has 23 heavy (non-hydrogen) atoms. The van der Waals surface area contributed by atoms with Crippen LogP contribution in [0.2, 0.25) is 0 Å². The third kappa shape index (κ3) is 2.33. The van der Waals surface area contributed by atoms with Gasteiger partial charge in [0.25, 0.3) is 5.91 Å². The van der Waals surface area contributed by atoms with Crippen molar-refractivity contribution < 1.29 is 4.79 Å². The molecule has 1 aliphatic rings. The van der Waals surface area contributed by atoms with Crippen molar-refractivity contribution in [1.29, 1.82) is 0 Å². The van der Waals surface area contributed by atoms with Crippen molar-refractivity contribution in [3.63, 3.8) is 0 Å². The van der Waals surface area contributed by atoms with Gasteiger partial charge in [-0.05, 0) is 33.9 Å². The molecule has 0 bridgehead atoms. The van der Waals surface area contributed by atoms with Gasteiger partial charge >= 0.3 is 0 Å². The maximum absolute atomic E-state index is 12.5. The molecule has 1 N–H and O–H groups in total. The van der Waals surface area contributed by atoms with E-state index in [0.29, 0.717) is 0 Å². The summed E-state index contributed by atoms with van der Waals surface area (Å²) in [6.07, 6.45) is 0.723. The minimum Gasteiger partial charge on any atom is -0.345 e. The lowest BCUT2D eigenvalue weighted by Crippen LogP contribution is -2.19. The molecule has 3 aromatic carbocycles. The van der Waals surface area contributed by atoms with Crippen LogP contribution in [0.1, 0.15) is 33.9 Å². The second kappa shape index (κ2) is 5.40. The van der Waals surface area contributed by atoms with Crippen molar-refractivity contribution in [3.8, 4) is 0 Å². The van der Waals surface area contributed by atoms with E-state index in [-0.39, 0.29) is 11.9 Å². The van der Waals surface area contributed by atoms with E-state index in [9.17, 15) is 4.79 Å². The van der Waals surface area contributed by atoms with Gasteiger partial charge in [0.1, 0.15) is 0 Å². The topological polar surface area (TPSA) is 29.1 Å². The van der Waals surface area contributed by atoms with Crippen LogP contribution in [0, 0.1) is 0 Å². The van der Waals surface area contributed by atoms with Gasteiger partial charge in [0.05, 0.1) is 11.6 Å². The SMILES string of the molecule is C=C(CC1NC(=O)c2c1ccc1ccccc21)c1ccccc1. The van der Waals surface area contributed by atoms with E-state index in [1.54, 1.807) is 0 Å². The first kappa shape index (κ1) is 13.8. The normalized spacial score (nSPS) is 16.2. The zero-order chi connectivity index (χ0) is 15.8. The maximum Gasteiger partial charge on any atom is 0.252 e. The van der Waals surface area contributed by atoms with Crippen LogP contribution >= 0.6 is 0 Å². The Hall–Kier alpha value is -2.87. The molecule has 1 atom stereocenters. The van der Waals surface area contributed by atoms with Crippen molar-refractivity contribution in [2.45, 2.75) is 12.5 Å². The highest BCUT2D eigenvalue weighted by Gasteiger charge is 2.30. The Labute approximate surface area is 135 Å². The van der Waals surface area contributed by atoms with Crippen LogP contribution in [0.5, 0.6) is 0 Å². The highest BCUT2D eigenvalue weighted by molar-refractivity contribution is 6.10. The molecule has 3 aromatic rings. The van der Waals surface area contributed by atoms with Crippen LogP contribution in [0.25, 0.3) is 16.3 Å². The first-order valence-corrected chi connectivity index (χ1v) is 7.80. The molecule has 0 spiro atoms. The second-order valence-corrected chi connectivity index (χ2v) is 5.95. The average molecular weight is 299 g/mol. The van der Waals surface area contributed by atoms with Gasteiger partial charge in [0, 0.05) is 0 Å². The molecule has 1 amide bonds. The van der Waals surface area contributed by atoms with Gasteiger partial charge in [0.2, 0.25) is 0 Å². The number of nitrogens with one attached hydrogen (secondary N) is 1. The Balaban J connectivity index is 1.71. The molecule has 0 saturated heterocycles. The van der Waals surface area contributed by atoms with Crippen LogP contribution < -0.4 is 5.32 Å². The summed E-state index contributed by atoms with van der Waals surface area (Å²) in [5.41, 5.74) is 4.05. The summed E-state index contributed by atoms with van der Waals surface area (Å²) in [4.78, 5) is 12.5. The molecule has 0 radical (unpaired) electrons. The fourth-order valence-electron chi connectivity index (χ4n) is 3.34. The molecule has 4 rings (SSSR count). The largest absolute Gasteiger partial charge is 0.345 e. The lowest BCUT2D eigenvalue weighted by atomic mass is 9.93. The highest BCUT2D eigenvalue weighted by Crippen LogP contribution is 2.36. The van der Waals surface area contributed by atoms with E-state index >= 15 is 0 Å². The third-order valence-corrected chi connectivity index (χ3v) is 4.50. The number of carbonyl (C=O) groups excluding carboxylic acids is 1. The van der Waals surface area contributed by atoms with E-state index in [2.05, 4.69) is 36.2 Å². The molecule has 1 aliphatic heterocycles. The first-order valence-electron chi connectivity index (χ1n) is 7.80. The fourth-order valence-corrected chi connectivity index (χ4v) is 3.34. The Morgan fingerprint density at radius 1 is 0.957 bits per heavy atom. The Bertz CT molecular complexity index is 912. The molecule has 1 unspecified atom stereocenters. The van der Waals surface area contributed by atoms with Gasteiger partial charge in [-0.3, -0.25) is 4.79 Å². The first-order chi connectivity index (χ1) is 11.2. The molecule has 0 saturated carbocycles. The Kier molecular flexibility index (Phi) is 3.23. The van der Waals surface area contributed by atoms with Crippen LogP contribution in [0.15, 0.2) is 73.3 Å². The zero-order valence-corrected chi connectivity index (χ0v) is 12.8. The average Bonchev–Trinajstić information content (AvgIpc) is 2.92. The summed E-state index contributed by atoms with van der Waals surface area (Å²) in [7, 11) is 0. The quantitative estimate of drug-likeness (QED) is 0.744. The molecule has 0 aliphatic carbocycles. The number of benzene rings is 3. The van der Waals surface area contributed by atoms with Crippen LogP contribution in [-0.2, 0) is 0 Å². The van der Waals surface area contributed by atoms with E-state index in [1.807, 2.05) is 42.5 Å². The van der Waals surface area contributed by atoms with Crippen molar-refractivity contribution in [2.24, 2.45) is 0 Å². The smallest absolute Gasteiger partial charge is 0.252 e. The summed E-state index contributed by atoms with van der Waals surface area (Å²) in [5.74, 6) is 0.0164. The summed E-state index contributed by atoms with van der Waals surface area (Å²) in [6, 6.07) is 22.3. The molecular formula is C21H17NO. The van der Waals surface area contributed by atoms with E-state index in [1.165, 1.54) is 0 Å². The fraction of sp³-hybridized carbons (Fsp3) is 0.0952. The lowest BCUT2D eigenvalue weighted by molar-refractivity contribution is 0.0958. The van der Waals surface area contributed by atoms with Gasteiger partial charge in [0.15, 0.2) is 0 Å².